The average Bonchev–Trinajstić information content (AvgIpc) is 2.95. The minimum atomic E-state index is -3.28. The molecule has 0 spiro atoms. The lowest BCUT2D eigenvalue weighted by atomic mass is 9.99. The highest BCUT2D eigenvalue weighted by atomic mass is 32.2. The summed E-state index contributed by atoms with van der Waals surface area (Å²) in [6, 6.07) is 2.16. The number of fused-ring (bicyclic) bond motifs is 1. The third-order valence-corrected chi connectivity index (χ3v) is 7.53. The van der Waals surface area contributed by atoms with Gasteiger partial charge in [-0.2, -0.15) is 0 Å². The van der Waals surface area contributed by atoms with Crippen LogP contribution in [0, 0.1) is 0 Å². The number of Topliss-reactive ketones (excluding diaryl/α,β-unsaturated/α-hetero) is 1. The van der Waals surface area contributed by atoms with Gasteiger partial charge in [-0.25, -0.2) is 13.1 Å². The maximum absolute atomic E-state index is 12.3. The fourth-order valence-electron chi connectivity index (χ4n) is 3.19. The van der Waals surface area contributed by atoms with Gasteiger partial charge in [-0.1, -0.05) is 0 Å². The van der Waals surface area contributed by atoms with E-state index in [2.05, 4.69) is 21.1 Å². The second kappa shape index (κ2) is 6.78. The number of carbonyl (C=O) groups excluding carboxylic acids is 1. The van der Waals surface area contributed by atoms with Gasteiger partial charge in [-0.05, 0) is 36.3 Å². The minimum absolute atomic E-state index is 0.186. The molecule has 0 amide bonds. The van der Waals surface area contributed by atoms with Crippen molar-refractivity contribution in [2.24, 2.45) is 0 Å². The van der Waals surface area contributed by atoms with Gasteiger partial charge in [0, 0.05) is 43.9 Å². The molecule has 2 heterocycles. The van der Waals surface area contributed by atoms with Crippen LogP contribution in [0.1, 0.15) is 36.1 Å². The molecule has 122 valence electrons. The van der Waals surface area contributed by atoms with Crippen molar-refractivity contribution in [3.05, 3.63) is 21.9 Å². The fraction of sp³-hybridized carbons (Fsp3) is 0.667. The van der Waals surface area contributed by atoms with Crippen molar-refractivity contribution in [1.29, 1.82) is 0 Å². The maximum Gasteiger partial charge on any atom is 0.214 e. The normalized spacial score (nSPS) is 21.0. The SMILES string of the molecule is O=C1CCC(S(=O)(=O)NCCN2CCc3sccc3C2)CC1. The first-order chi connectivity index (χ1) is 10.5. The van der Waals surface area contributed by atoms with Crippen LogP contribution < -0.4 is 4.72 Å². The van der Waals surface area contributed by atoms with Gasteiger partial charge in [0.25, 0.3) is 0 Å². The number of hydrogen-bond donors (Lipinski definition) is 1. The molecule has 7 heteroatoms. The molecule has 1 aliphatic heterocycles. The summed E-state index contributed by atoms with van der Waals surface area (Å²) in [4.78, 5) is 15.0. The number of sulfonamides is 1. The van der Waals surface area contributed by atoms with Gasteiger partial charge >= 0.3 is 0 Å². The molecule has 1 aromatic rings. The predicted octanol–water partition coefficient (Wildman–Crippen LogP) is 1.54. The van der Waals surface area contributed by atoms with Gasteiger partial charge < -0.3 is 0 Å². The molecule has 3 rings (SSSR count). The largest absolute Gasteiger partial charge is 0.300 e. The Balaban J connectivity index is 1.46. The van der Waals surface area contributed by atoms with E-state index >= 15 is 0 Å². The molecular formula is C15H22N2O3S2. The van der Waals surface area contributed by atoms with E-state index < -0.39 is 15.3 Å². The van der Waals surface area contributed by atoms with Crippen molar-refractivity contribution in [2.45, 2.75) is 43.9 Å². The minimum Gasteiger partial charge on any atom is -0.300 e. The first-order valence-electron chi connectivity index (χ1n) is 7.82. The molecule has 0 radical (unpaired) electrons. The highest BCUT2D eigenvalue weighted by Gasteiger charge is 2.29. The third kappa shape index (κ3) is 3.76. The first kappa shape index (κ1) is 16.1. The Morgan fingerprint density at radius 3 is 2.82 bits per heavy atom. The predicted molar refractivity (Wildman–Crippen MR) is 87.5 cm³/mol. The van der Waals surface area contributed by atoms with Gasteiger partial charge in [0.1, 0.15) is 5.78 Å². The molecule has 1 N–H and O–H groups in total. The van der Waals surface area contributed by atoms with E-state index in [4.69, 9.17) is 0 Å². The summed E-state index contributed by atoms with van der Waals surface area (Å²) in [6.07, 6.45) is 2.80. The van der Waals surface area contributed by atoms with Crippen molar-refractivity contribution in [2.75, 3.05) is 19.6 Å². The highest BCUT2D eigenvalue weighted by Crippen LogP contribution is 2.24. The Hall–Kier alpha value is -0.760. The molecule has 0 bridgehead atoms. The average molecular weight is 342 g/mol. The lowest BCUT2D eigenvalue weighted by Crippen LogP contribution is -2.41. The molecule has 0 unspecified atom stereocenters. The van der Waals surface area contributed by atoms with E-state index in [9.17, 15) is 13.2 Å². The molecule has 1 aromatic heterocycles. The lowest BCUT2D eigenvalue weighted by molar-refractivity contribution is -0.120. The zero-order valence-corrected chi connectivity index (χ0v) is 14.2. The van der Waals surface area contributed by atoms with E-state index in [1.165, 1.54) is 10.4 Å². The third-order valence-electron chi connectivity index (χ3n) is 4.55. The lowest BCUT2D eigenvalue weighted by Gasteiger charge is -2.27. The fourth-order valence-corrected chi connectivity index (χ4v) is 5.54. The molecule has 1 saturated carbocycles. The molecule has 2 aliphatic rings. The Labute approximate surface area is 135 Å². The smallest absolute Gasteiger partial charge is 0.214 e. The van der Waals surface area contributed by atoms with Crippen LogP contribution in [-0.4, -0.2) is 44.0 Å². The Kier molecular flexibility index (Phi) is 4.97. The second-order valence-electron chi connectivity index (χ2n) is 6.07. The van der Waals surface area contributed by atoms with Crippen LogP contribution in [0.5, 0.6) is 0 Å². The first-order valence-corrected chi connectivity index (χ1v) is 10.2. The van der Waals surface area contributed by atoms with Crippen molar-refractivity contribution in [3.63, 3.8) is 0 Å². The molecule has 1 aliphatic carbocycles. The molecule has 1 fully saturated rings. The molecule has 0 aromatic carbocycles. The molecule has 22 heavy (non-hydrogen) atoms. The molecule has 0 saturated heterocycles. The molecule has 5 nitrogen and oxygen atoms in total. The van der Waals surface area contributed by atoms with Crippen LogP contribution >= 0.6 is 11.3 Å². The Morgan fingerprint density at radius 1 is 1.27 bits per heavy atom. The van der Waals surface area contributed by atoms with Gasteiger partial charge in [0.15, 0.2) is 0 Å². The highest BCUT2D eigenvalue weighted by molar-refractivity contribution is 7.90. The summed E-state index contributed by atoms with van der Waals surface area (Å²) in [5.41, 5.74) is 1.38. The number of nitrogens with one attached hydrogen (secondary N) is 1. The van der Waals surface area contributed by atoms with Gasteiger partial charge in [0.2, 0.25) is 10.0 Å². The second-order valence-corrected chi connectivity index (χ2v) is 9.12. The molecular weight excluding hydrogens is 320 g/mol. The zero-order chi connectivity index (χ0) is 15.6. The number of thiophene rings is 1. The van der Waals surface area contributed by atoms with Crippen molar-refractivity contribution in [3.8, 4) is 0 Å². The Bertz CT molecular complexity index is 629. The number of nitrogens with zero attached hydrogens (tertiary/aromatic N) is 1. The monoisotopic (exact) mass is 342 g/mol. The van der Waals surface area contributed by atoms with Gasteiger partial charge in [0.05, 0.1) is 5.25 Å². The van der Waals surface area contributed by atoms with Crippen molar-refractivity contribution < 1.29 is 13.2 Å². The van der Waals surface area contributed by atoms with Gasteiger partial charge in [-0.3, -0.25) is 9.69 Å². The summed E-state index contributed by atoms with van der Waals surface area (Å²) < 4.78 is 27.2. The maximum atomic E-state index is 12.3. The van der Waals surface area contributed by atoms with Crippen LogP contribution in [0.15, 0.2) is 11.4 Å². The van der Waals surface area contributed by atoms with Crippen LogP contribution in [0.4, 0.5) is 0 Å². The number of ketones is 1. The topological polar surface area (TPSA) is 66.5 Å². The van der Waals surface area contributed by atoms with E-state index in [1.54, 1.807) is 0 Å². The Morgan fingerprint density at radius 2 is 2.05 bits per heavy atom. The number of carbonyl (C=O) groups is 1. The number of rotatable bonds is 5. The standard InChI is InChI=1S/C15H22N2O3S2/c18-13-1-3-14(4-2-13)22(19,20)16-7-9-17-8-5-15-12(11-17)6-10-21-15/h6,10,14,16H,1-5,7-9,11H2. The van der Waals surface area contributed by atoms with Gasteiger partial charge in [-0.15, -0.1) is 11.3 Å². The molecule has 0 atom stereocenters. The summed E-state index contributed by atoms with van der Waals surface area (Å²) >= 11 is 1.81. The van der Waals surface area contributed by atoms with E-state index in [0.29, 0.717) is 32.2 Å². The zero-order valence-electron chi connectivity index (χ0n) is 12.6. The summed E-state index contributed by atoms with van der Waals surface area (Å²) in [5.74, 6) is 0.186. The quantitative estimate of drug-likeness (QED) is 0.881. The summed E-state index contributed by atoms with van der Waals surface area (Å²) in [5, 5.41) is 1.73. The van der Waals surface area contributed by atoms with E-state index in [1.807, 2.05) is 11.3 Å². The number of hydrogen-bond acceptors (Lipinski definition) is 5. The van der Waals surface area contributed by atoms with Crippen LogP contribution in [0.2, 0.25) is 0 Å². The van der Waals surface area contributed by atoms with Crippen molar-refractivity contribution >= 4 is 27.1 Å². The van der Waals surface area contributed by atoms with E-state index in [-0.39, 0.29) is 5.78 Å². The van der Waals surface area contributed by atoms with E-state index in [0.717, 1.165) is 26.1 Å². The van der Waals surface area contributed by atoms with Crippen LogP contribution in [0.3, 0.4) is 0 Å². The van der Waals surface area contributed by atoms with Crippen LogP contribution in [0.25, 0.3) is 0 Å². The van der Waals surface area contributed by atoms with Crippen molar-refractivity contribution in [1.82, 2.24) is 9.62 Å². The summed E-state index contributed by atoms with van der Waals surface area (Å²) in [7, 11) is -3.28. The summed E-state index contributed by atoms with van der Waals surface area (Å²) in [6.45, 7) is 3.10. The van der Waals surface area contributed by atoms with Crippen LogP contribution in [-0.2, 0) is 27.8 Å².